The summed E-state index contributed by atoms with van der Waals surface area (Å²) < 4.78 is 0. The third-order valence-corrected chi connectivity index (χ3v) is 2.50. The Bertz CT molecular complexity index is 613. The zero-order chi connectivity index (χ0) is 10.8. The third kappa shape index (κ3) is 1.33. The lowest BCUT2D eigenvalue weighted by molar-refractivity contribution is 1.42. The van der Waals surface area contributed by atoms with Crippen molar-refractivity contribution in [3.05, 3.63) is 47.0 Å². The molecule has 2 rings (SSSR count). The number of fused-ring (bicyclic) bond motifs is 1. The number of hydrogen-bond acceptors (Lipinski definition) is 2. The molecule has 0 N–H and O–H groups in total. The van der Waals surface area contributed by atoms with Crippen LogP contribution < -0.4 is 0 Å². The van der Waals surface area contributed by atoms with Crippen LogP contribution in [0, 0.1) is 29.6 Å². The fourth-order valence-electron chi connectivity index (χ4n) is 1.71. The summed E-state index contributed by atoms with van der Waals surface area (Å²) in [5.41, 5.74) is 2.22. The second kappa shape index (κ2) is 3.44. The van der Waals surface area contributed by atoms with Crippen molar-refractivity contribution in [2.24, 2.45) is 0 Å². The molecule has 15 heavy (non-hydrogen) atoms. The minimum Gasteiger partial charge on any atom is -0.192 e. The van der Waals surface area contributed by atoms with Gasteiger partial charge in [0.1, 0.15) is 6.07 Å². The molecule has 0 aromatic heterocycles. The van der Waals surface area contributed by atoms with Crippen molar-refractivity contribution < 1.29 is 0 Å². The average Bonchev–Trinajstić information content (AvgIpc) is 2.28. The van der Waals surface area contributed by atoms with Crippen LogP contribution in [0.2, 0.25) is 0 Å². The molecule has 0 amide bonds. The Hall–Kier alpha value is -2.32. The van der Waals surface area contributed by atoms with E-state index in [1.807, 2.05) is 25.1 Å². The van der Waals surface area contributed by atoms with Gasteiger partial charge in [0.25, 0.3) is 0 Å². The summed E-state index contributed by atoms with van der Waals surface area (Å²) in [5, 5.41) is 19.7. The number of rotatable bonds is 0. The smallest absolute Gasteiger partial charge is 0.100 e. The van der Waals surface area contributed by atoms with E-state index in [0.717, 1.165) is 16.3 Å². The highest BCUT2D eigenvalue weighted by molar-refractivity contribution is 5.93. The molecule has 0 heterocycles. The molecular formula is C13H8N2. The van der Waals surface area contributed by atoms with Crippen molar-refractivity contribution in [2.45, 2.75) is 6.92 Å². The average molecular weight is 192 g/mol. The molecule has 0 fully saturated rings. The van der Waals surface area contributed by atoms with Crippen LogP contribution in [0.25, 0.3) is 10.8 Å². The summed E-state index contributed by atoms with van der Waals surface area (Å²) >= 11 is 0. The highest BCUT2D eigenvalue weighted by Crippen LogP contribution is 2.24. The fourth-order valence-corrected chi connectivity index (χ4v) is 1.71. The van der Waals surface area contributed by atoms with Crippen molar-refractivity contribution in [2.75, 3.05) is 0 Å². The summed E-state index contributed by atoms with van der Waals surface area (Å²) in [6, 6.07) is 13.5. The van der Waals surface area contributed by atoms with Crippen LogP contribution in [0.1, 0.15) is 16.7 Å². The number of benzene rings is 2. The Kier molecular flexibility index (Phi) is 2.12. The minimum atomic E-state index is 0.615. The topological polar surface area (TPSA) is 47.6 Å². The van der Waals surface area contributed by atoms with E-state index >= 15 is 0 Å². The van der Waals surface area contributed by atoms with Gasteiger partial charge < -0.3 is 0 Å². The van der Waals surface area contributed by atoms with Gasteiger partial charge in [0, 0.05) is 10.8 Å². The maximum atomic E-state index is 9.05. The van der Waals surface area contributed by atoms with E-state index in [1.165, 1.54) is 0 Å². The molecule has 0 unspecified atom stereocenters. The highest BCUT2D eigenvalue weighted by Gasteiger charge is 2.06. The van der Waals surface area contributed by atoms with E-state index in [-0.39, 0.29) is 0 Å². The van der Waals surface area contributed by atoms with Crippen molar-refractivity contribution >= 4 is 10.8 Å². The Morgan fingerprint density at radius 1 is 0.933 bits per heavy atom. The number of aryl methyl sites for hydroxylation is 1. The van der Waals surface area contributed by atoms with E-state index in [0.29, 0.717) is 11.1 Å². The Balaban J connectivity index is 2.98. The second-order valence-corrected chi connectivity index (χ2v) is 3.38. The largest absolute Gasteiger partial charge is 0.192 e. The van der Waals surface area contributed by atoms with Crippen molar-refractivity contribution in [1.82, 2.24) is 0 Å². The van der Waals surface area contributed by atoms with Gasteiger partial charge in [0.15, 0.2) is 0 Å². The lowest BCUT2D eigenvalue weighted by atomic mass is 9.98. The van der Waals surface area contributed by atoms with Crippen LogP contribution in [0.5, 0.6) is 0 Å². The molecule has 2 nitrogen and oxygen atoms in total. The molecule has 70 valence electrons. The fraction of sp³-hybridized carbons (Fsp3) is 0.0769. The van der Waals surface area contributed by atoms with E-state index < -0.39 is 0 Å². The molecule has 2 aromatic carbocycles. The van der Waals surface area contributed by atoms with Gasteiger partial charge in [-0.1, -0.05) is 24.3 Å². The van der Waals surface area contributed by atoms with Crippen LogP contribution in [0.15, 0.2) is 30.3 Å². The minimum absolute atomic E-state index is 0.615. The van der Waals surface area contributed by atoms with E-state index in [1.54, 1.807) is 12.1 Å². The number of hydrogen-bond donors (Lipinski definition) is 0. The standard InChI is InChI=1S/C13H8N2/c1-9-5-6-11-10(7-14)3-2-4-12(11)13(9)8-15/h2-6H,1H3. The Labute approximate surface area is 88.0 Å². The van der Waals surface area contributed by atoms with Gasteiger partial charge in [-0.3, -0.25) is 0 Å². The zero-order valence-electron chi connectivity index (χ0n) is 8.28. The highest BCUT2D eigenvalue weighted by atomic mass is 14.3. The molecule has 0 aliphatic heterocycles. The monoisotopic (exact) mass is 192 g/mol. The molecule has 0 aliphatic rings. The van der Waals surface area contributed by atoms with Gasteiger partial charge in [-0.05, 0) is 18.6 Å². The van der Waals surface area contributed by atoms with Gasteiger partial charge in [-0.15, -0.1) is 0 Å². The van der Waals surface area contributed by atoms with Crippen molar-refractivity contribution in [3.63, 3.8) is 0 Å². The van der Waals surface area contributed by atoms with Crippen molar-refractivity contribution in [3.8, 4) is 12.1 Å². The van der Waals surface area contributed by atoms with Crippen LogP contribution in [-0.4, -0.2) is 0 Å². The molecule has 2 aromatic rings. The first-order valence-electron chi connectivity index (χ1n) is 4.60. The molecular weight excluding hydrogens is 184 g/mol. The van der Waals surface area contributed by atoms with Gasteiger partial charge in [0.05, 0.1) is 17.2 Å². The molecule has 2 heteroatoms. The second-order valence-electron chi connectivity index (χ2n) is 3.38. The van der Waals surface area contributed by atoms with Gasteiger partial charge in [-0.25, -0.2) is 0 Å². The molecule has 0 aliphatic carbocycles. The normalized spacial score (nSPS) is 9.53. The quantitative estimate of drug-likeness (QED) is 0.644. The van der Waals surface area contributed by atoms with Crippen molar-refractivity contribution in [1.29, 1.82) is 10.5 Å². The number of nitriles is 2. The summed E-state index contributed by atoms with van der Waals surface area (Å²) in [6.45, 7) is 1.90. The van der Waals surface area contributed by atoms with Gasteiger partial charge >= 0.3 is 0 Å². The SMILES string of the molecule is Cc1ccc2c(C#N)cccc2c1C#N. The van der Waals surface area contributed by atoms with Gasteiger partial charge in [-0.2, -0.15) is 10.5 Å². The van der Waals surface area contributed by atoms with Gasteiger partial charge in [0.2, 0.25) is 0 Å². The summed E-state index contributed by atoms with van der Waals surface area (Å²) in [6.07, 6.45) is 0. The predicted octanol–water partition coefficient (Wildman–Crippen LogP) is 2.89. The van der Waals surface area contributed by atoms with E-state index in [2.05, 4.69) is 12.1 Å². The molecule has 0 saturated heterocycles. The Morgan fingerprint density at radius 2 is 1.73 bits per heavy atom. The molecule has 0 bridgehead atoms. The number of nitrogens with zero attached hydrogens (tertiary/aromatic N) is 2. The van der Waals surface area contributed by atoms with E-state index in [4.69, 9.17) is 10.5 Å². The summed E-state index contributed by atoms with van der Waals surface area (Å²) in [7, 11) is 0. The first kappa shape index (κ1) is 9.24. The molecule has 0 spiro atoms. The lowest BCUT2D eigenvalue weighted by Crippen LogP contribution is -1.87. The summed E-state index contributed by atoms with van der Waals surface area (Å²) in [5.74, 6) is 0. The molecule has 0 atom stereocenters. The van der Waals surface area contributed by atoms with Crippen LogP contribution in [0.3, 0.4) is 0 Å². The summed E-state index contributed by atoms with van der Waals surface area (Å²) in [4.78, 5) is 0. The van der Waals surface area contributed by atoms with Crippen LogP contribution in [0.4, 0.5) is 0 Å². The van der Waals surface area contributed by atoms with E-state index in [9.17, 15) is 0 Å². The molecule has 0 radical (unpaired) electrons. The first-order valence-corrected chi connectivity index (χ1v) is 4.60. The zero-order valence-corrected chi connectivity index (χ0v) is 8.28. The van der Waals surface area contributed by atoms with Crippen LogP contribution >= 0.6 is 0 Å². The molecule has 0 saturated carbocycles. The first-order chi connectivity index (χ1) is 7.27. The maximum Gasteiger partial charge on any atom is 0.100 e. The third-order valence-electron chi connectivity index (χ3n) is 2.50. The van der Waals surface area contributed by atoms with Crippen LogP contribution in [-0.2, 0) is 0 Å². The predicted molar refractivity (Wildman–Crippen MR) is 58.1 cm³/mol. The maximum absolute atomic E-state index is 9.05. The Morgan fingerprint density at radius 3 is 2.40 bits per heavy atom. The lowest BCUT2D eigenvalue weighted by Gasteiger charge is -2.04.